The second-order valence-electron chi connectivity index (χ2n) is 4.69. The third-order valence-corrected chi connectivity index (χ3v) is 2.93. The fourth-order valence-electron chi connectivity index (χ4n) is 1.68. The number of nitro benzene ring substituents is 1. The summed E-state index contributed by atoms with van der Waals surface area (Å²) in [5, 5.41) is 23.2. The molecule has 0 bridgehead atoms. The fraction of sp³-hybridized carbons (Fsp3) is 0.500. The van der Waals surface area contributed by atoms with Crippen LogP contribution in [0.5, 0.6) is 5.75 Å². The smallest absolute Gasteiger partial charge is 0.310 e. The lowest BCUT2D eigenvalue weighted by Crippen LogP contribution is -2.42. The molecule has 108 valence electrons. The summed E-state index contributed by atoms with van der Waals surface area (Å²) in [5.41, 5.74) is -0.743. The molecule has 0 saturated heterocycles. The van der Waals surface area contributed by atoms with Gasteiger partial charge in [-0.15, -0.1) is 0 Å². The van der Waals surface area contributed by atoms with Gasteiger partial charge in [0, 0.05) is 12.5 Å². The first-order chi connectivity index (χ1) is 9.52. The predicted octanol–water partition coefficient (Wildman–Crippen LogP) is 2.65. The van der Waals surface area contributed by atoms with Crippen LogP contribution in [0.3, 0.4) is 0 Å². The first-order valence-electron chi connectivity index (χ1n) is 6.55. The van der Waals surface area contributed by atoms with E-state index in [9.17, 15) is 15.4 Å². The molecule has 0 aliphatic carbocycles. The van der Waals surface area contributed by atoms with E-state index in [0.29, 0.717) is 6.42 Å². The molecule has 0 aliphatic heterocycles. The number of benzene rings is 1. The Balaban J connectivity index is 2.60. The van der Waals surface area contributed by atoms with Crippen LogP contribution < -0.4 is 10.1 Å². The van der Waals surface area contributed by atoms with Crippen LogP contribution in [0.2, 0.25) is 0 Å². The van der Waals surface area contributed by atoms with E-state index in [1.54, 1.807) is 25.1 Å². The van der Waals surface area contributed by atoms with Crippen LogP contribution in [0.4, 0.5) is 5.69 Å². The van der Waals surface area contributed by atoms with Crippen molar-refractivity contribution in [2.45, 2.75) is 32.2 Å². The van der Waals surface area contributed by atoms with Crippen LogP contribution in [0, 0.1) is 21.4 Å². The molecule has 0 aromatic heterocycles. The Bertz CT molecular complexity index is 499. The molecule has 0 spiro atoms. The number of hydrogen-bond donors (Lipinski definition) is 1. The van der Waals surface area contributed by atoms with E-state index in [2.05, 4.69) is 11.4 Å². The molecule has 0 saturated carbocycles. The van der Waals surface area contributed by atoms with E-state index in [0.717, 1.165) is 13.0 Å². The van der Waals surface area contributed by atoms with Crippen LogP contribution in [0.25, 0.3) is 0 Å². The lowest BCUT2D eigenvalue weighted by Gasteiger charge is -2.22. The van der Waals surface area contributed by atoms with Crippen molar-refractivity contribution in [2.75, 3.05) is 13.2 Å². The van der Waals surface area contributed by atoms with Gasteiger partial charge in [-0.1, -0.05) is 19.1 Å². The maximum atomic E-state index is 10.8. The zero-order valence-corrected chi connectivity index (χ0v) is 11.8. The van der Waals surface area contributed by atoms with Crippen LogP contribution in [0.1, 0.15) is 26.7 Å². The molecule has 1 rings (SSSR count). The van der Waals surface area contributed by atoms with Gasteiger partial charge in [-0.2, -0.15) is 5.26 Å². The first-order valence-corrected chi connectivity index (χ1v) is 6.55. The minimum Gasteiger partial charge on any atom is -0.487 e. The highest BCUT2D eigenvalue weighted by atomic mass is 16.6. The molecule has 6 nitrogen and oxygen atoms in total. The van der Waals surface area contributed by atoms with E-state index < -0.39 is 10.5 Å². The molecule has 1 atom stereocenters. The van der Waals surface area contributed by atoms with E-state index in [1.807, 2.05) is 6.92 Å². The summed E-state index contributed by atoms with van der Waals surface area (Å²) in [5.74, 6) is 0.230. The minimum absolute atomic E-state index is 0.0623. The van der Waals surface area contributed by atoms with Gasteiger partial charge in [0.25, 0.3) is 0 Å². The van der Waals surface area contributed by atoms with Crippen molar-refractivity contribution in [3.05, 3.63) is 34.4 Å². The van der Waals surface area contributed by atoms with Crippen molar-refractivity contribution in [3.8, 4) is 11.8 Å². The van der Waals surface area contributed by atoms with Gasteiger partial charge in [-0.05, 0) is 26.0 Å². The molecule has 1 N–H and O–H groups in total. The summed E-state index contributed by atoms with van der Waals surface area (Å²) in [6.07, 6.45) is 1.39. The van der Waals surface area contributed by atoms with Gasteiger partial charge in [-0.25, -0.2) is 0 Å². The fourth-order valence-corrected chi connectivity index (χ4v) is 1.68. The first kappa shape index (κ1) is 15.9. The number of nitro groups is 1. The van der Waals surface area contributed by atoms with Gasteiger partial charge in [0.2, 0.25) is 0 Å². The molecule has 6 heteroatoms. The zero-order valence-electron chi connectivity index (χ0n) is 11.8. The highest BCUT2D eigenvalue weighted by Gasteiger charge is 2.23. The highest BCUT2D eigenvalue weighted by Crippen LogP contribution is 2.26. The summed E-state index contributed by atoms with van der Waals surface area (Å²) in [7, 11) is 0. The predicted molar refractivity (Wildman–Crippen MR) is 75.5 cm³/mol. The third-order valence-electron chi connectivity index (χ3n) is 2.93. The molecule has 0 heterocycles. The van der Waals surface area contributed by atoms with Crippen LogP contribution in [-0.2, 0) is 0 Å². The normalized spacial score (nSPS) is 13.2. The van der Waals surface area contributed by atoms with Crippen molar-refractivity contribution < 1.29 is 9.66 Å². The Hall–Kier alpha value is -2.13. The highest BCUT2D eigenvalue weighted by molar-refractivity contribution is 5.45. The Labute approximate surface area is 118 Å². The van der Waals surface area contributed by atoms with Crippen LogP contribution in [0.15, 0.2) is 24.3 Å². The number of ether oxygens (including phenoxy) is 1. The standard InChI is InChI=1S/C14H19N3O3/c1-3-9-16-14(2,11-15)8-10-20-13-7-5-4-6-12(13)17(18)19/h4-7,16H,3,8-10H2,1-2H3. The average molecular weight is 277 g/mol. The maximum absolute atomic E-state index is 10.8. The van der Waals surface area contributed by atoms with Crippen LogP contribution >= 0.6 is 0 Å². The third kappa shape index (κ3) is 4.52. The minimum atomic E-state index is -0.681. The number of nitriles is 1. The number of para-hydroxylation sites is 2. The Morgan fingerprint density at radius 3 is 2.80 bits per heavy atom. The molecule has 1 aromatic carbocycles. The average Bonchev–Trinajstić information content (AvgIpc) is 2.45. The lowest BCUT2D eigenvalue weighted by molar-refractivity contribution is -0.385. The largest absolute Gasteiger partial charge is 0.487 e. The summed E-state index contributed by atoms with van der Waals surface area (Å²) >= 11 is 0. The van der Waals surface area contributed by atoms with Crippen molar-refractivity contribution >= 4 is 5.69 Å². The summed E-state index contributed by atoms with van der Waals surface area (Å²) in [6, 6.07) is 8.44. The van der Waals surface area contributed by atoms with E-state index in [-0.39, 0.29) is 18.0 Å². The van der Waals surface area contributed by atoms with Crippen molar-refractivity contribution in [1.82, 2.24) is 5.32 Å². The van der Waals surface area contributed by atoms with Gasteiger partial charge in [0.1, 0.15) is 5.54 Å². The molecular formula is C14H19N3O3. The van der Waals surface area contributed by atoms with Crippen molar-refractivity contribution in [1.29, 1.82) is 5.26 Å². The van der Waals surface area contributed by atoms with Gasteiger partial charge in [-0.3, -0.25) is 15.4 Å². The van der Waals surface area contributed by atoms with Gasteiger partial charge in [0.05, 0.1) is 17.6 Å². The maximum Gasteiger partial charge on any atom is 0.310 e. The lowest BCUT2D eigenvalue weighted by atomic mass is 10.0. The Morgan fingerprint density at radius 2 is 2.20 bits per heavy atom. The SMILES string of the molecule is CCCNC(C)(C#N)CCOc1ccccc1[N+](=O)[O-]. The summed E-state index contributed by atoms with van der Waals surface area (Å²) in [6.45, 7) is 4.81. The molecule has 0 aliphatic rings. The Morgan fingerprint density at radius 1 is 1.50 bits per heavy atom. The topological polar surface area (TPSA) is 88.2 Å². The molecule has 0 radical (unpaired) electrons. The number of rotatable bonds is 8. The van der Waals surface area contributed by atoms with Crippen molar-refractivity contribution in [3.63, 3.8) is 0 Å². The van der Waals surface area contributed by atoms with Gasteiger partial charge >= 0.3 is 5.69 Å². The number of nitrogens with one attached hydrogen (secondary N) is 1. The summed E-state index contributed by atoms with van der Waals surface area (Å²) < 4.78 is 5.44. The molecule has 1 aromatic rings. The molecule has 0 amide bonds. The zero-order chi connectivity index (χ0) is 15.0. The Kier molecular flexibility index (Phi) is 5.94. The van der Waals surface area contributed by atoms with E-state index in [1.165, 1.54) is 6.07 Å². The summed E-state index contributed by atoms with van der Waals surface area (Å²) in [4.78, 5) is 10.4. The second-order valence-corrected chi connectivity index (χ2v) is 4.69. The van der Waals surface area contributed by atoms with E-state index >= 15 is 0 Å². The van der Waals surface area contributed by atoms with Crippen molar-refractivity contribution in [2.24, 2.45) is 0 Å². The molecule has 20 heavy (non-hydrogen) atoms. The van der Waals surface area contributed by atoms with Crippen LogP contribution in [-0.4, -0.2) is 23.6 Å². The molecular weight excluding hydrogens is 258 g/mol. The van der Waals surface area contributed by atoms with Gasteiger partial charge < -0.3 is 4.74 Å². The monoisotopic (exact) mass is 277 g/mol. The van der Waals surface area contributed by atoms with Gasteiger partial charge in [0.15, 0.2) is 5.75 Å². The second kappa shape index (κ2) is 7.46. The number of hydrogen-bond acceptors (Lipinski definition) is 5. The van der Waals surface area contributed by atoms with E-state index in [4.69, 9.17) is 4.74 Å². The quantitative estimate of drug-likeness (QED) is 0.583. The number of nitrogens with zero attached hydrogens (tertiary/aromatic N) is 2. The molecule has 1 unspecified atom stereocenters. The molecule has 0 fully saturated rings.